The van der Waals surface area contributed by atoms with E-state index >= 15 is 0 Å². The molecular weight excluding hydrogens is 496 g/mol. The zero-order chi connectivity index (χ0) is 25.4. The summed E-state index contributed by atoms with van der Waals surface area (Å²) in [6, 6.07) is 8.83. The Kier molecular flexibility index (Phi) is 6.36. The van der Waals surface area contributed by atoms with Crippen LogP contribution >= 0.6 is 11.6 Å². The van der Waals surface area contributed by atoms with E-state index in [1.54, 1.807) is 30.3 Å². The van der Waals surface area contributed by atoms with Crippen molar-refractivity contribution in [2.45, 2.75) is 36.6 Å². The third-order valence-corrected chi connectivity index (χ3v) is 6.15. The van der Waals surface area contributed by atoms with Gasteiger partial charge in [0.15, 0.2) is 30.2 Å². The number of aliphatic carboxylic acids is 1. The molecule has 3 aromatic rings. The summed E-state index contributed by atoms with van der Waals surface area (Å²) in [5, 5.41) is 39.1. The van der Waals surface area contributed by atoms with Crippen molar-refractivity contribution in [3.05, 3.63) is 47.5 Å². The molecule has 5 rings (SSSR count). The van der Waals surface area contributed by atoms with Gasteiger partial charge >= 0.3 is 5.97 Å². The van der Waals surface area contributed by atoms with E-state index in [2.05, 4.69) is 30.2 Å². The zero-order valence-electron chi connectivity index (χ0n) is 18.5. The van der Waals surface area contributed by atoms with E-state index < -0.39 is 42.7 Å². The number of aliphatic hydroxyl groups is 2. The minimum Gasteiger partial charge on any atom is -0.479 e. The molecule has 0 radical (unpaired) electrons. The van der Waals surface area contributed by atoms with Crippen LogP contribution in [-0.2, 0) is 20.7 Å². The van der Waals surface area contributed by atoms with Gasteiger partial charge in [0, 0.05) is 6.42 Å². The number of carboxylic acid groups (broad SMARTS) is 1. The van der Waals surface area contributed by atoms with Gasteiger partial charge in [-0.2, -0.15) is 15.1 Å². The number of aliphatic imine (C=N–C) groups is 1. The Labute approximate surface area is 208 Å². The van der Waals surface area contributed by atoms with Gasteiger partial charge in [-0.1, -0.05) is 30.3 Å². The second-order valence-electron chi connectivity index (χ2n) is 8.22. The molecule has 5 atom stereocenters. The van der Waals surface area contributed by atoms with Crippen molar-refractivity contribution < 1.29 is 29.6 Å². The Balaban J connectivity index is 1.41. The van der Waals surface area contributed by atoms with Gasteiger partial charge in [-0.3, -0.25) is 4.57 Å². The van der Waals surface area contributed by atoms with Crippen LogP contribution in [0.25, 0.3) is 11.2 Å². The van der Waals surface area contributed by atoms with Crippen molar-refractivity contribution in [1.29, 1.82) is 0 Å². The Morgan fingerprint density at radius 2 is 2.03 bits per heavy atom. The molecule has 36 heavy (non-hydrogen) atoms. The Bertz CT molecular complexity index is 1350. The molecule has 2 aromatic heterocycles. The van der Waals surface area contributed by atoms with Crippen molar-refractivity contribution in [3.8, 4) is 0 Å². The van der Waals surface area contributed by atoms with Crippen molar-refractivity contribution in [2.24, 2.45) is 15.2 Å². The van der Waals surface area contributed by atoms with Crippen LogP contribution in [0, 0.1) is 0 Å². The Hall–Kier alpha value is -3.56. The minimum absolute atomic E-state index is 0.0207. The summed E-state index contributed by atoms with van der Waals surface area (Å²) in [6.45, 7) is -0.431. The number of carboxylic acids is 1. The first-order valence-electron chi connectivity index (χ1n) is 10.8. The van der Waals surface area contributed by atoms with Crippen molar-refractivity contribution in [3.63, 3.8) is 0 Å². The molecule has 0 saturated carbocycles. The number of nitrogens with zero attached hydrogens (tertiary/aromatic N) is 7. The van der Waals surface area contributed by atoms with E-state index in [9.17, 15) is 20.1 Å². The van der Waals surface area contributed by atoms with E-state index in [-0.39, 0.29) is 41.2 Å². The van der Waals surface area contributed by atoms with Crippen LogP contribution in [0.5, 0.6) is 0 Å². The number of amidine groups is 1. The third kappa shape index (κ3) is 4.18. The number of aliphatic hydroxyl groups excluding tert-OH is 2. The highest BCUT2D eigenvalue weighted by Crippen LogP contribution is 2.34. The SMILES string of the molecule is Nc1nc(Cl)nc2c1ncn2[C@@H]1O[C@H](COC(Cc2ccccc2)(C(=O)O)C2=NCN=N2)[C@@H](O)[C@H]1O. The molecule has 2 aliphatic heterocycles. The number of imidazole rings is 1. The van der Waals surface area contributed by atoms with Crippen molar-refractivity contribution in [2.75, 3.05) is 19.0 Å². The molecule has 1 fully saturated rings. The lowest BCUT2D eigenvalue weighted by Crippen LogP contribution is -2.52. The summed E-state index contributed by atoms with van der Waals surface area (Å²) < 4.78 is 13.1. The van der Waals surface area contributed by atoms with Crippen LogP contribution in [0.3, 0.4) is 0 Å². The van der Waals surface area contributed by atoms with Crippen LogP contribution < -0.4 is 5.73 Å². The Morgan fingerprint density at radius 1 is 1.25 bits per heavy atom. The molecule has 0 amide bonds. The van der Waals surface area contributed by atoms with Gasteiger partial charge in [-0.15, -0.1) is 5.11 Å². The molecule has 188 valence electrons. The van der Waals surface area contributed by atoms with Crippen LogP contribution in [0.15, 0.2) is 51.9 Å². The molecule has 4 heterocycles. The van der Waals surface area contributed by atoms with Crippen LogP contribution in [-0.4, -0.2) is 83.8 Å². The molecule has 15 heteroatoms. The average molecular weight is 517 g/mol. The summed E-state index contributed by atoms with van der Waals surface area (Å²) in [6.07, 6.45) is -3.90. The monoisotopic (exact) mass is 516 g/mol. The van der Waals surface area contributed by atoms with Gasteiger partial charge in [0.2, 0.25) is 10.9 Å². The molecule has 5 N–H and O–H groups in total. The minimum atomic E-state index is -2.00. The molecule has 2 aliphatic rings. The largest absolute Gasteiger partial charge is 0.479 e. The normalized spacial score (nSPS) is 25.2. The topological polar surface area (TPSA) is 203 Å². The summed E-state index contributed by atoms with van der Waals surface area (Å²) in [7, 11) is 0. The number of nitrogens with two attached hydrogens (primary N) is 1. The molecule has 1 unspecified atom stereocenters. The molecular formula is C21H21ClN8O6. The summed E-state index contributed by atoms with van der Waals surface area (Å²) in [5.41, 5.74) is 4.93. The molecule has 0 bridgehead atoms. The first kappa shape index (κ1) is 24.1. The lowest BCUT2D eigenvalue weighted by molar-refractivity contribution is -0.162. The number of carbonyl (C=O) groups is 1. The molecule has 14 nitrogen and oxygen atoms in total. The number of azo groups is 1. The fraction of sp³-hybridized carbons (Fsp3) is 0.381. The number of fused-ring (bicyclic) bond motifs is 1. The van der Waals surface area contributed by atoms with Crippen LogP contribution in [0.2, 0.25) is 5.28 Å². The number of benzene rings is 1. The van der Waals surface area contributed by atoms with Gasteiger partial charge in [-0.25, -0.2) is 14.8 Å². The van der Waals surface area contributed by atoms with E-state index in [1.165, 1.54) is 10.9 Å². The summed E-state index contributed by atoms with van der Waals surface area (Å²) >= 11 is 5.91. The lowest BCUT2D eigenvalue weighted by atomic mass is 9.92. The van der Waals surface area contributed by atoms with Crippen LogP contribution in [0.1, 0.15) is 11.8 Å². The number of aromatic nitrogens is 4. The van der Waals surface area contributed by atoms with E-state index in [1.807, 2.05) is 0 Å². The number of hydrogen-bond acceptors (Lipinski definition) is 12. The maximum atomic E-state index is 12.5. The molecule has 1 aromatic carbocycles. The first-order chi connectivity index (χ1) is 17.3. The smallest absolute Gasteiger partial charge is 0.344 e. The van der Waals surface area contributed by atoms with Crippen molar-refractivity contribution in [1.82, 2.24) is 19.5 Å². The zero-order valence-corrected chi connectivity index (χ0v) is 19.3. The maximum absolute atomic E-state index is 12.5. The van der Waals surface area contributed by atoms with Crippen molar-refractivity contribution >= 4 is 40.4 Å². The number of nitrogen functional groups attached to an aromatic ring is 1. The summed E-state index contributed by atoms with van der Waals surface area (Å²) in [4.78, 5) is 28.7. The molecule has 0 spiro atoms. The van der Waals surface area contributed by atoms with Gasteiger partial charge < -0.3 is 30.5 Å². The van der Waals surface area contributed by atoms with Gasteiger partial charge in [0.1, 0.15) is 23.8 Å². The molecule has 1 saturated heterocycles. The second-order valence-corrected chi connectivity index (χ2v) is 8.56. The summed E-state index contributed by atoms with van der Waals surface area (Å²) in [5.74, 6) is -1.40. The quantitative estimate of drug-likeness (QED) is 0.306. The predicted octanol–water partition coefficient (Wildman–Crippen LogP) is 0.586. The number of hydrogen-bond donors (Lipinski definition) is 4. The highest BCUT2D eigenvalue weighted by molar-refractivity contribution is 6.28. The highest BCUT2D eigenvalue weighted by atomic mass is 35.5. The highest BCUT2D eigenvalue weighted by Gasteiger charge is 2.50. The predicted molar refractivity (Wildman–Crippen MR) is 124 cm³/mol. The van der Waals surface area contributed by atoms with E-state index in [0.717, 1.165) is 0 Å². The Morgan fingerprint density at radius 3 is 2.72 bits per heavy atom. The van der Waals surface area contributed by atoms with E-state index in [0.29, 0.717) is 5.56 Å². The number of rotatable bonds is 8. The maximum Gasteiger partial charge on any atom is 0.344 e. The lowest BCUT2D eigenvalue weighted by Gasteiger charge is -2.29. The number of halogens is 1. The second kappa shape index (κ2) is 9.48. The van der Waals surface area contributed by atoms with Gasteiger partial charge in [0.05, 0.1) is 12.9 Å². The molecule has 0 aliphatic carbocycles. The van der Waals surface area contributed by atoms with Gasteiger partial charge in [0.25, 0.3) is 0 Å². The number of ether oxygens (including phenoxy) is 2. The van der Waals surface area contributed by atoms with Gasteiger partial charge in [-0.05, 0) is 17.2 Å². The third-order valence-electron chi connectivity index (χ3n) is 5.98. The average Bonchev–Trinajstić information content (AvgIpc) is 3.59. The van der Waals surface area contributed by atoms with Crippen LogP contribution in [0.4, 0.5) is 5.82 Å². The fourth-order valence-corrected chi connectivity index (χ4v) is 4.34. The standard InChI is InChI=1S/C21H21ClN8O6/c22-20-27-15(23)12-16(28-20)30(9-25-12)17-14(32)13(31)11(36-17)7-35-21(19(33)34,18-24-8-26-29-18)6-10-4-2-1-3-5-10/h1-5,9,11,13-14,17,31-32H,6-8H2,(H,33,34)(H2,23,27,28)/t11-,13-,14-,17-,21?/m1/s1. The fourth-order valence-electron chi connectivity index (χ4n) is 4.17. The van der Waals surface area contributed by atoms with E-state index in [4.69, 9.17) is 26.8 Å². The number of anilines is 1. The first-order valence-corrected chi connectivity index (χ1v) is 11.2.